The molecule has 0 bridgehead atoms. The molecule has 0 amide bonds. The van der Waals surface area contributed by atoms with Gasteiger partial charge in [-0.25, -0.2) is 0 Å². The molecule has 3 heteroatoms. The van der Waals surface area contributed by atoms with Crippen LogP contribution in [0.3, 0.4) is 0 Å². The summed E-state index contributed by atoms with van der Waals surface area (Å²) in [6.07, 6.45) is 2.53. The molecule has 0 unspecified atom stereocenters. The van der Waals surface area contributed by atoms with E-state index in [1.165, 1.54) is 36.0 Å². The molecule has 1 fully saturated rings. The SMILES string of the molecule is COCC1CCN(Cc2cccc(Br)c2)CC1. The summed E-state index contributed by atoms with van der Waals surface area (Å²) in [7, 11) is 1.80. The molecular formula is C14H20BrNO. The molecule has 1 aliphatic rings. The third-order valence-corrected chi connectivity index (χ3v) is 3.90. The Morgan fingerprint density at radius 2 is 2.12 bits per heavy atom. The van der Waals surface area contributed by atoms with Gasteiger partial charge in [0.1, 0.15) is 0 Å². The van der Waals surface area contributed by atoms with Crippen LogP contribution in [0.25, 0.3) is 0 Å². The summed E-state index contributed by atoms with van der Waals surface area (Å²) in [6.45, 7) is 4.38. The zero-order valence-electron chi connectivity index (χ0n) is 10.4. The van der Waals surface area contributed by atoms with Gasteiger partial charge in [-0.1, -0.05) is 28.1 Å². The third-order valence-electron chi connectivity index (χ3n) is 3.40. The van der Waals surface area contributed by atoms with Crippen LogP contribution < -0.4 is 0 Å². The van der Waals surface area contributed by atoms with E-state index in [-0.39, 0.29) is 0 Å². The first-order valence-corrected chi connectivity index (χ1v) is 7.03. The molecule has 1 aromatic carbocycles. The number of hydrogen-bond donors (Lipinski definition) is 0. The minimum atomic E-state index is 0.763. The van der Waals surface area contributed by atoms with Crippen LogP contribution in [0.15, 0.2) is 28.7 Å². The predicted molar refractivity (Wildman–Crippen MR) is 74.0 cm³/mol. The van der Waals surface area contributed by atoms with E-state index in [4.69, 9.17) is 4.74 Å². The summed E-state index contributed by atoms with van der Waals surface area (Å²) in [5.74, 6) is 0.763. The van der Waals surface area contributed by atoms with Gasteiger partial charge in [0.05, 0.1) is 0 Å². The lowest BCUT2D eigenvalue weighted by atomic mass is 9.97. The highest BCUT2D eigenvalue weighted by Crippen LogP contribution is 2.20. The van der Waals surface area contributed by atoms with Gasteiger partial charge >= 0.3 is 0 Å². The molecule has 0 aliphatic carbocycles. The maximum atomic E-state index is 5.23. The van der Waals surface area contributed by atoms with E-state index in [0.717, 1.165) is 19.1 Å². The van der Waals surface area contributed by atoms with Crippen LogP contribution in [0.1, 0.15) is 18.4 Å². The van der Waals surface area contributed by atoms with Gasteiger partial charge in [-0.3, -0.25) is 4.90 Å². The Hall–Kier alpha value is -0.380. The van der Waals surface area contributed by atoms with E-state index in [2.05, 4.69) is 45.1 Å². The van der Waals surface area contributed by atoms with E-state index in [0.29, 0.717) is 0 Å². The van der Waals surface area contributed by atoms with E-state index in [1.54, 1.807) is 7.11 Å². The molecule has 0 saturated carbocycles. The highest BCUT2D eigenvalue weighted by Gasteiger charge is 2.18. The first kappa shape index (κ1) is 13.1. The molecule has 0 aromatic heterocycles. The molecule has 94 valence electrons. The van der Waals surface area contributed by atoms with Crippen LogP contribution in [0.4, 0.5) is 0 Å². The van der Waals surface area contributed by atoms with Crippen molar-refractivity contribution in [2.45, 2.75) is 19.4 Å². The van der Waals surface area contributed by atoms with Crippen molar-refractivity contribution in [1.82, 2.24) is 4.90 Å². The number of ether oxygens (including phenoxy) is 1. The summed E-state index contributed by atoms with van der Waals surface area (Å²) in [4.78, 5) is 2.54. The Balaban J connectivity index is 1.82. The lowest BCUT2D eigenvalue weighted by Crippen LogP contribution is -2.34. The zero-order chi connectivity index (χ0) is 12.1. The summed E-state index contributed by atoms with van der Waals surface area (Å²) in [5.41, 5.74) is 1.39. The van der Waals surface area contributed by atoms with E-state index >= 15 is 0 Å². The summed E-state index contributed by atoms with van der Waals surface area (Å²) >= 11 is 3.52. The fraction of sp³-hybridized carbons (Fsp3) is 0.571. The number of benzene rings is 1. The number of rotatable bonds is 4. The van der Waals surface area contributed by atoms with Crippen molar-refractivity contribution in [3.63, 3.8) is 0 Å². The molecule has 0 atom stereocenters. The second-order valence-corrected chi connectivity index (χ2v) is 5.72. The number of hydrogen-bond acceptors (Lipinski definition) is 2. The van der Waals surface area contributed by atoms with Gasteiger partial charge in [0.25, 0.3) is 0 Å². The van der Waals surface area contributed by atoms with Crippen LogP contribution in [0.2, 0.25) is 0 Å². The second kappa shape index (κ2) is 6.53. The Bertz CT molecular complexity index is 348. The van der Waals surface area contributed by atoms with Crippen LogP contribution in [-0.4, -0.2) is 31.7 Å². The summed E-state index contributed by atoms with van der Waals surface area (Å²) in [5, 5.41) is 0. The van der Waals surface area contributed by atoms with Crippen LogP contribution >= 0.6 is 15.9 Å². The molecule has 0 N–H and O–H groups in total. The molecule has 2 rings (SSSR count). The molecule has 2 nitrogen and oxygen atoms in total. The Morgan fingerprint density at radius 3 is 2.76 bits per heavy atom. The van der Waals surface area contributed by atoms with E-state index in [9.17, 15) is 0 Å². The number of nitrogens with zero attached hydrogens (tertiary/aromatic N) is 1. The highest BCUT2D eigenvalue weighted by atomic mass is 79.9. The Morgan fingerprint density at radius 1 is 1.35 bits per heavy atom. The van der Waals surface area contributed by atoms with Crippen LogP contribution in [0.5, 0.6) is 0 Å². The van der Waals surface area contributed by atoms with Gasteiger partial charge in [-0.05, 0) is 49.5 Å². The van der Waals surface area contributed by atoms with Gasteiger partial charge in [-0.15, -0.1) is 0 Å². The van der Waals surface area contributed by atoms with Crippen LogP contribution in [-0.2, 0) is 11.3 Å². The number of halogens is 1. The molecule has 0 radical (unpaired) electrons. The van der Waals surface area contributed by atoms with Gasteiger partial charge in [0, 0.05) is 24.7 Å². The second-order valence-electron chi connectivity index (χ2n) is 4.80. The smallest absolute Gasteiger partial charge is 0.0491 e. The number of likely N-dealkylation sites (tertiary alicyclic amines) is 1. The molecule has 1 heterocycles. The van der Waals surface area contributed by atoms with Crippen molar-refractivity contribution in [3.8, 4) is 0 Å². The van der Waals surface area contributed by atoms with Crippen molar-refractivity contribution < 1.29 is 4.74 Å². The molecular weight excluding hydrogens is 278 g/mol. The average molecular weight is 298 g/mol. The zero-order valence-corrected chi connectivity index (χ0v) is 11.9. The molecule has 1 aliphatic heterocycles. The highest BCUT2D eigenvalue weighted by molar-refractivity contribution is 9.10. The van der Waals surface area contributed by atoms with Crippen molar-refractivity contribution in [3.05, 3.63) is 34.3 Å². The van der Waals surface area contributed by atoms with Gasteiger partial charge in [0.2, 0.25) is 0 Å². The van der Waals surface area contributed by atoms with Crippen molar-refractivity contribution in [1.29, 1.82) is 0 Å². The third kappa shape index (κ3) is 4.09. The fourth-order valence-corrected chi connectivity index (χ4v) is 2.89. The molecule has 1 saturated heterocycles. The van der Waals surface area contributed by atoms with Gasteiger partial charge in [-0.2, -0.15) is 0 Å². The van der Waals surface area contributed by atoms with Crippen LogP contribution in [0, 0.1) is 5.92 Å². The van der Waals surface area contributed by atoms with Gasteiger partial charge < -0.3 is 4.74 Å². The minimum Gasteiger partial charge on any atom is -0.384 e. The first-order valence-electron chi connectivity index (χ1n) is 6.23. The van der Waals surface area contributed by atoms with E-state index < -0.39 is 0 Å². The molecule has 0 spiro atoms. The largest absolute Gasteiger partial charge is 0.384 e. The Labute approximate surface area is 112 Å². The maximum absolute atomic E-state index is 5.23. The average Bonchev–Trinajstić information content (AvgIpc) is 2.32. The Kier molecular flexibility index (Phi) is 5.01. The lowest BCUT2D eigenvalue weighted by Gasteiger charge is -2.31. The molecule has 1 aromatic rings. The normalized spacial score (nSPS) is 18.5. The predicted octanol–water partition coefficient (Wildman–Crippen LogP) is 3.31. The summed E-state index contributed by atoms with van der Waals surface area (Å²) in [6, 6.07) is 8.60. The number of piperidine rings is 1. The minimum absolute atomic E-state index is 0.763. The lowest BCUT2D eigenvalue weighted by molar-refractivity contribution is 0.0968. The van der Waals surface area contributed by atoms with Crippen molar-refractivity contribution in [2.75, 3.05) is 26.8 Å². The summed E-state index contributed by atoms with van der Waals surface area (Å²) < 4.78 is 6.40. The van der Waals surface area contributed by atoms with E-state index in [1.807, 2.05) is 0 Å². The fourth-order valence-electron chi connectivity index (χ4n) is 2.44. The topological polar surface area (TPSA) is 12.5 Å². The van der Waals surface area contributed by atoms with Gasteiger partial charge in [0.15, 0.2) is 0 Å². The standard InChI is InChI=1S/C14H20BrNO/c1-17-11-12-5-7-16(8-6-12)10-13-3-2-4-14(15)9-13/h2-4,9,12H,5-8,10-11H2,1H3. The maximum Gasteiger partial charge on any atom is 0.0491 e. The quantitative estimate of drug-likeness (QED) is 0.845. The van der Waals surface area contributed by atoms with Crippen molar-refractivity contribution >= 4 is 15.9 Å². The van der Waals surface area contributed by atoms with Crippen molar-refractivity contribution in [2.24, 2.45) is 5.92 Å². The molecule has 17 heavy (non-hydrogen) atoms. The first-order chi connectivity index (χ1) is 8.28. The monoisotopic (exact) mass is 297 g/mol. The number of methoxy groups -OCH3 is 1.